The molecule has 0 radical (unpaired) electrons. The summed E-state index contributed by atoms with van der Waals surface area (Å²) in [6.45, 7) is 2.37. The molecule has 1 N–H and O–H groups in total. The molecule has 0 aromatic heterocycles. The standard InChI is InChI=1S/C28H29F3N2O6S2/c1-40(35,36)26-12-9-21(10-13-26)20-4-6-23(7-5-20)27(34)32-15-2-3-16-33-17-14-22-8-11-25(18-24(22)19-33)39-41(37,38)28(29,30)31/h4-13,18H,2-3,14-17,19H2,1H3,(H,32,34). The van der Waals surface area contributed by atoms with Gasteiger partial charge in [-0.25, -0.2) is 8.42 Å². The second-order valence-electron chi connectivity index (χ2n) is 9.78. The lowest BCUT2D eigenvalue weighted by atomic mass is 9.99. The lowest BCUT2D eigenvalue weighted by molar-refractivity contribution is -0.0500. The van der Waals surface area contributed by atoms with Crippen molar-refractivity contribution in [1.29, 1.82) is 0 Å². The topological polar surface area (TPSA) is 110 Å². The van der Waals surface area contributed by atoms with Crippen LogP contribution in [0.3, 0.4) is 0 Å². The van der Waals surface area contributed by atoms with Crippen molar-refractivity contribution >= 4 is 25.9 Å². The van der Waals surface area contributed by atoms with E-state index in [1.165, 1.54) is 12.1 Å². The van der Waals surface area contributed by atoms with E-state index in [9.17, 15) is 34.8 Å². The first-order valence-electron chi connectivity index (χ1n) is 12.8. The Morgan fingerprint density at radius 3 is 2.15 bits per heavy atom. The van der Waals surface area contributed by atoms with E-state index in [0.717, 1.165) is 35.9 Å². The fourth-order valence-corrected chi connectivity index (χ4v) is 5.56. The predicted octanol–water partition coefficient (Wildman–Crippen LogP) is 4.55. The highest BCUT2D eigenvalue weighted by Crippen LogP contribution is 2.30. The Kier molecular flexibility index (Phi) is 9.10. The number of nitrogens with zero attached hydrogens (tertiary/aromatic N) is 1. The summed E-state index contributed by atoms with van der Waals surface area (Å²) in [5.41, 5.74) is -1.66. The maximum Gasteiger partial charge on any atom is 0.534 e. The van der Waals surface area contributed by atoms with Gasteiger partial charge in [0.2, 0.25) is 0 Å². The second kappa shape index (κ2) is 12.2. The highest BCUT2D eigenvalue weighted by atomic mass is 32.2. The van der Waals surface area contributed by atoms with Crippen LogP contribution in [-0.2, 0) is 32.9 Å². The zero-order chi connectivity index (χ0) is 29.8. The maximum absolute atomic E-state index is 12.6. The molecule has 3 aromatic carbocycles. The summed E-state index contributed by atoms with van der Waals surface area (Å²) < 4.78 is 88.0. The molecule has 8 nitrogen and oxygen atoms in total. The zero-order valence-corrected chi connectivity index (χ0v) is 23.8. The molecule has 1 amide bonds. The number of sulfone groups is 1. The van der Waals surface area contributed by atoms with Gasteiger partial charge in [-0.3, -0.25) is 9.69 Å². The molecule has 0 saturated heterocycles. The first-order valence-corrected chi connectivity index (χ1v) is 16.1. The largest absolute Gasteiger partial charge is 0.534 e. The van der Waals surface area contributed by atoms with Gasteiger partial charge in [-0.1, -0.05) is 30.3 Å². The Bertz CT molecular complexity index is 1610. The van der Waals surface area contributed by atoms with Crippen molar-refractivity contribution in [2.75, 3.05) is 25.9 Å². The van der Waals surface area contributed by atoms with Crippen molar-refractivity contribution in [3.8, 4) is 16.9 Å². The molecule has 13 heteroatoms. The van der Waals surface area contributed by atoms with Crippen LogP contribution in [0.5, 0.6) is 5.75 Å². The molecule has 0 unspecified atom stereocenters. The number of rotatable bonds is 10. The lowest BCUT2D eigenvalue weighted by Gasteiger charge is -2.29. The van der Waals surface area contributed by atoms with E-state index in [-0.39, 0.29) is 16.6 Å². The Labute approximate surface area is 237 Å². The highest BCUT2D eigenvalue weighted by molar-refractivity contribution is 7.90. The first kappa shape index (κ1) is 30.5. The highest BCUT2D eigenvalue weighted by Gasteiger charge is 2.48. The molecule has 220 valence electrons. The van der Waals surface area contributed by atoms with Gasteiger partial charge in [0.25, 0.3) is 5.91 Å². The average molecular weight is 611 g/mol. The van der Waals surface area contributed by atoms with Crippen LogP contribution >= 0.6 is 0 Å². The van der Waals surface area contributed by atoms with Gasteiger partial charge in [0.05, 0.1) is 4.90 Å². The van der Waals surface area contributed by atoms with Crippen LogP contribution in [0.25, 0.3) is 11.1 Å². The number of fused-ring (bicyclic) bond motifs is 1. The number of halogens is 3. The summed E-state index contributed by atoms with van der Waals surface area (Å²) in [4.78, 5) is 14.9. The Morgan fingerprint density at radius 2 is 1.54 bits per heavy atom. The smallest absolute Gasteiger partial charge is 0.376 e. The van der Waals surface area contributed by atoms with Gasteiger partial charge in [0, 0.05) is 31.5 Å². The molecular weight excluding hydrogens is 581 g/mol. The van der Waals surface area contributed by atoms with Gasteiger partial charge < -0.3 is 9.50 Å². The van der Waals surface area contributed by atoms with Gasteiger partial charge in [-0.05, 0) is 84.5 Å². The molecule has 0 spiro atoms. The van der Waals surface area contributed by atoms with Crippen molar-refractivity contribution < 1.29 is 39.0 Å². The van der Waals surface area contributed by atoms with E-state index < -0.39 is 25.5 Å². The normalized spacial score (nSPS) is 14.3. The molecule has 0 aliphatic carbocycles. The van der Waals surface area contributed by atoms with Crippen molar-refractivity contribution in [3.63, 3.8) is 0 Å². The minimum atomic E-state index is -5.73. The van der Waals surface area contributed by atoms with Crippen molar-refractivity contribution in [2.24, 2.45) is 0 Å². The number of amides is 1. The van der Waals surface area contributed by atoms with Gasteiger partial charge in [-0.2, -0.15) is 21.6 Å². The summed E-state index contributed by atoms with van der Waals surface area (Å²) in [6, 6.07) is 17.7. The number of carbonyl (C=O) groups is 1. The number of hydrogen-bond donors (Lipinski definition) is 1. The second-order valence-corrected chi connectivity index (χ2v) is 13.3. The van der Waals surface area contributed by atoms with Gasteiger partial charge in [0.15, 0.2) is 9.84 Å². The number of alkyl halides is 3. The fourth-order valence-electron chi connectivity index (χ4n) is 4.48. The molecule has 3 aromatic rings. The minimum Gasteiger partial charge on any atom is -0.376 e. The van der Waals surface area contributed by atoms with E-state index in [2.05, 4.69) is 14.4 Å². The molecule has 0 saturated carbocycles. The summed E-state index contributed by atoms with van der Waals surface area (Å²) in [6.07, 6.45) is 3.32. The Hall–Kier alpha value is -3.42. The predicted molar refractivity (Wildman–Crippen MR) is 148 cm³/mol. The quantitative estimate of drug-likeness (QED) is 0.204. The van der Waals surface area contributed by atoms with Crippen molar-refractivity contribution in [1.82, 2.24) is 10.2 Å². The molecule has 0 fully saturated rings. The van der Waals surface area contributed by atoms with Crippen molar-refractivity contribution in [3.05, 3.63) is 83.4 Å². The average Bonchev–Trinajstić information content (AvgIpc) is 2.91. The van der Waals surface area contributed by atoms with Crippen LogP contribution in [0.4, 0.5) is 13.2 Å². The van der Waals surface area contributed by atoms with E-state index in [0.29, 0.717) is 43.6 Å². The molecule has 4 rings (SSSR count). The summed E-state index contributed by atoms with van der Waals surface area (Å²) in [5, 5.41) is 2.89. The first-order chi connectivity index (χ1) is 19.2. The lowest BCUT2D eigenvalue weighted by Crippen LogP contribution is -2.32. The number of carbonyl (C=O) groups excluding carboxylic acids is 1. The minimum absolute atomic E-state index is 0.211. The zero-order valence-electron chi connectivity index (χ0n) is 22.1. The molecular formula is C28H29F3N2O6S2. The van der Waals surface area contributed by atoms with Crippen LogP contribution in [0, 0.1) is 0 Å². The molecule has 41 heavy (non-hydrogen) atoms. The van der Waals surface area contributed by atoms with E-state index in [1.54, 1.807) is 54.6 Å². The number of benzene rings is 3. The number of hydrogen-bond acceptors (Lipinski definition) is 7. The maximum atomic E-state index is 12.6. The molecule has 1 aliphatic rings. The van der Waals surface area contributed by atoms with Gasteiger partial charge >= 0.3 is 15.6 Å². The Morgan fingerprint density at radius 1 is 0.902 bits per heavy atom. The van der Waals surface area contributed by atoms with Crippen LogP contribution < -0.4 is 9.50 Å². The monoisotopic (exact) mass is 610 g/mol. The molecule has 0 bridgehead atoms. The third-order valence-corrected chi connectivity index (χ3v) is 8.82. The van der Waals surface area contributed by atoms with E-state index >= 15 is 0 Å². The molecule has 1 heterocycles. The molecule has 0 atom stereocenters. The van der Waals surface area contributed by atoms with Crippen molar-refractivity contribution in [2.45, 2.75) is 36.2 Å². The number of nitrogens with one attached hydrogen (secondary N) is 1. The summed E-state index contributed by atoms with van der Waals surface area (Å²) in [5.74, 6) is -0.583. The van der Waals surface area contributed by atoms with Crippen LogP contribution in [0.1, 0.15) is 34.3 Å². The summed E-state index contributed by atoms with van der Waals surface area (Å²) in [7, 11) is -9.00. The fraction of sp³-hybridized carbons (Fsp3) is 0.321. The van der Waals surface area contributed by atoms with Crippen LogP contribution in [-0.4, -0.2) is 59.0 Å². The van der Waals surface area contributed by atoms with Crippen LogP contribution in [0.2, 0.25) is 0 Å². The van der Waals surface area contributed by atoms with E-state index in [1.807, 2.05) is 0 Å². The van der Waals surface area contributed by atoms with E-state index in [4.69, 9.17) is 0 Å². The van der Waals surface area contributed by atoms with Gasteiger partial charge in [0.1, 0.15) is 5.75 Å². The Balaban J connectivity index is 1.22. The molecule has 1 aliphatic heterocycles. The SMILES string of the molecule is CS(=O)(=O)c1ccc(-c2ccc(C(=O)NCCCCN3CCc4ccc(OS(=O)(=O)C(F)(F)F)cc4C3)cc2)cc1. The summed E-state index contributed by atoms with van der Waals surface area (Å²) >= 11 is 0. The third kappa shape index (κ3) is 7.86. The van der Waals surface area contributed by atoms with Gasteiger partial charge in [-0.15, -0.1) is 0 Å². The number of unbranched alkanes of at least 4 members (excludes halogenated alkanes) is 1. The van der Waals surface area contributed by atoms with Crippen LogP contribution in [0.15, 0.2) is 71.6 Å². The third-order valence-electron chi connectivity index (χ3n) is 6.71.